The van der Waals surface area contributed by atoms with E-state index in [2.05, 4.69) is 46.4 Å². The molecule has 150 valence electrons. The second kappa shape index (κ2) is 7.66. The van der Waals surface area contributed by atoms with Crippen molar-refractivity contribution >= 4 is 23.0 Å². The molecule has 0 bridgehead atoms. The highest BCUT2D eigenvalue weighted by atomic mass is 14.9. The summed E-state index contributed by atoms with van der Waals surface area (Å²) in [4.78, 5) is 9.01. The Kier molecular flexibility index (Phi) is 4.86. The third-order valence-electron chi connectivity index (χ3n) is 7.21. The monoisotopic (exact) mass is 386 g/mol. The highest BCUT2D eigenvalue weighted by Gasteiger charge is 2.35. The number of hydrogen-bond acceptors (Lipinski definition) is 4. The summed E-state index contributed by atoms with van der Waals surface area (Å²) in [5.41, 5.74) is 17.0. The number of benzene rings is 2. The largest absolute Gasteiger partial charge is 0.387 e. The molecule has 6 rings (SSSR count). The molecule has 0 radical (unpaired) electrons. The van der Waals surface area contributed by atoms with Gasteiger partial charge < -0.3 is 11.5 Å². The molecular weight excluding hydrogens is 356 g/mol. The molecule has 2 aliphatic carbocycles. The van der Waals surface area contributed by atoms with Crippen LogP contribution in [0.25, 0.3) is 0 Å². The van der Waals surface area contributed by atoms with Gasteiger partial charge in [-0.15, -0.1) is 0 Å². The van der Waals surface area contributed by atoms with E-state index >= 15 is 0 Å². The first-order valence-electron chi connectivity index (χ1n) is 11.1. The minimum Gasteiger partial charge on any atom is -0.387 e. The molecule has 0 aromatic heterocycles. The Morgan fingerprint density at radius 3 is 1.52 bits per heavy atom. The van der Waals surface area contributed by atoms with Crippen LogP contribution in [0.1, 0.15) is 67.9 Å². The van der Waals surface area contributed by atoms with Crippen LogP contribution in [0.4, 0.5) is 11.4 Å². The van der Waals surface area contributed by atoms with Crippen molar-refractivity contribution in [3.8, 4) is 0 Å². The first-order valence-corrected chi connectivity index (χ1v) is 11.1. The average molecular weight is 387 g/mol. The molecule has 0 amide bonds. The fourth-order valence-corrected chi connectivity index (χ4v) is 5.79. The van der Waals surface area contributed by atoms with Crippen LogP contribution in [0.2, 0.25) is 0 Å². The number of rotatable bonds is 0. The predicted molar refractivity (Wildman–Crippen MR) is 120 cm³/mol. The van der Waals surface area contributed by atoms with Crippen LogP contribution in [-0.4, -0.2) is 11.7 Å². The van der Waals surface area contributed by atoms with E-state index in [1.165, 1.54) is 56.1 Å². The number of hydrogen-bond donors (Lipinski definition) is 2. The standard InChI is InChI=1S/C13H16N2.C12H14N2/c14-13-11-7-2-1-5-9(11)10-6-3-4-8-12(10)15-13;13-12-10-6-3-5-8(10)9-4-1-2-7-11(9)14-12/h3-4,6,8-9,11H,1-2,5,7H2,(H2,14,15);1-2,4,7-8,10H,3,5-6H2,(H2,13,14). The van der Waals surface area contributed by atoms with Crippen molar-refractivity contribution in [3.05, 3.63) is 59.7 Å². The predicted octanol–water partition coefficient (Wildman–Crippen LogP) is 5.54. The lowest BCUT2D eigenvalue weighted by atomic mass is 9.73. The highest BCUT2D eigenvalue weighted by Crippen LogP contribution is 2.46. The zero-order chi connectivity index (χ0) is 19.8. The first-order chi connectivity index (χ1) is 14.2. The Bertz CT molecular complexity index is 961. The van der Waals surface area contributed by atoms with Gasteiger partial charge in [-0.1, -0.05) is 55.7 Å². The molecule has 4 aliphatic rings. The third kappa shape index (κ3) is 3.35. The van der Waals surface area contributed by atoms with Gasteiger partial charge in [-0.2, -0.15) is 0 Å². The van der Waals surface area contributed by atoms with Crippen LogP contribution in [0.15, 0.2) is 58.5 Å². The fraction of sp³-hybridized carbons (Fsp3) is 0.440. The van der Waals surface area contributed by atoms with Crippen LogP contribution in [0.5, 0.6) is 0 Å². The van der Waals surface area contributed by atoms with Gasteiger partial charge in [0.1, 0.15) is 11.7 Å². The normalized spacial score (nSPS) is 29.1. The van der Waals surface area contributed by atoms with E-state index in [1.807, 2.05) is 12.1 Å². The Hall–Kier alpha value is -2.62. The van der Waals surface area contributed by atoms with Crippen LogP contribution in [0, 0.1) is 11.8 Å². The van der Waals surface area contributed by atoms with Crippen LogP contribution >= 0.6 is 0 Å². The summed E-state index contributed by atoms with van der Waals surface area (Å²) in [6.07, 6.45) is 8.92. The fourth-order valence-electron chi connectivity index (χ4n) is 5.79. The smallest absolute Gasteiger partial charge is 0.103 e. The Labute approximate surface area is 173 Å². The quantitative estimate of drug-likeness (QED) is 0.624. The summed E-state index contributed by atoms with van der Waals surface area (Å²) in [6.45, 7) is 0. The first kappa shape index (κ1) is 18.4. The summed E-state index contributed by atoms with van der Waals surface area (Å²) in [6, 6.07) is 16.8. The van der Waals surface area contributed by atoms with E-state index in [-0.39, 0.29) is 0 Å². The lowest BCUT2D eigenvalue weighted by molar-refractivity contribution is 0.376. The van der Waals surface area contributed by atoms with E-state index in [4.69, 9.17) is 11.5 Å². The van der Waals surface area contributed by atoms with Gasteiger partial charge in [-0.25, -0.2) is 9.98 Å². The molecule has 4 N–H and O–H groups in total. The second-order valence-electron chi connectivity index (χ2n) is 8.83. The van der Waals surface area contributed by atoms with Crippen molar-refractivity contribution in [3.63, 3.8) is 0 Å². The number of nitrogens with zero attached hydrogens (tertiary/aromatic N) is 2. The van der Waals surface area contributed by atoms with E-state index in [1.54, 1.807) is 0 Å². The number of aliphatic imine (C=N–C) groups is 2. The number of fused-ring (bicyclic) bond motifs is 6. The van der Waals surface area contributed by atoms with Crippen LogP contribution in [-0.2, 0) is 0 Å². The van der Waals surface area contributed by atoms with Gasteiger partial charge in [-0.05, 0) is 60.8 Å². The van der Waals surface area contributed by atoms with Crippen molar-refractivity contribution in [1.29, 1.82) is 0 Å². The van der Waals surface area contributed by atoms with Gasteiger partial charge >= 0.3 is 0 Å². The Balaban J connectivity index is 0.000000125. The molecule has 0 saturated heterocycles. The molecule has 2 aliphatic heterocycles. The van der Waals surface area contributed by atoms with Gasteiger partial charge in [0.25, 0.3) is 0 Å². The van der Waals surface area contributed by atoms with Gasteiger partial charge in [0, 0.05) is 11.8 Å². The van der Waals surface area contributed by atoms with Crippen molar-refractivity contribution < 1.29 is 0 Å². The summed E-state index contributed by atoms with van der Waals surface area (Å²) in [7, 11) is 0. The lowest BCUT2D eigenvalue weighted by Crippen LogP contribution is -2.33. The molecule has 0 spiro atoms. The highest BCUT2D eigenvalue weighted by molar-refractivity contribution is 5.89. The number of amidine groups is 2. The summed E-state index contributed by atoms with van der Waals surface area (Å²) >= 11 is 0. The molecular formula is C25H30N4. The van der Waals surface area contributed by atoms with Crippen LogP contribution in [0.3, 0.4) is 0 Å². The number of para-hydroxylation sites is 2. The molecule has 2 fully saturated rings. The lowest BCUT2D eigenvalue weighted by Gasteiger charge is -2.35. The second-order valence-corrected chi connectivity index (χ2v) is 8.83. The SMILES string of the molecule is NC1=Nc2ccccc2C2CCCC12.NC1=Nc2ccccc2C2CCCCC12. The van der Waals surface area contributed by atoms with Crippen molar-refractivity contribution in [1.82, 2.24) is 0 Å². The van der Waals surface area contributed by atoms with E-state index < -0.39 is 0 Å². The molecule has 4 atom stereocenters. The molecule has 4 unspecified atom stereocenters. The molecule has 2 heterocycles. The summed E-state index contributed by atoms with van der Waals surface area (Å²) in [5, 5.41) is 0. The maximum absolute atomic E-state index is 6.05. The Morgan fingerprint density at radius 1 is 0.552 bits per heavy atom. The van der Waals surface area contributed by atoms with Gasteiger partial charge in [0.05, 0.1) is 11.4 Å². The topological polar surface area (TPSA) is 76.8 Å². The minimum absolute atomic E-state index is 0.508. The van der Waals surface area contributed by atoms with Gasteiger partial charge in [0.2, 0.25) is 0 Å². The zero-order valence-electron chi connectivity index (χ0n) is 16.9. The molecule has 4 heteroatoms. The van der Waals surface area contributed by atoms with E-state index in [9.17, 15) is 0 Å². The minimum atomic E-state index is 0.508. The zero-order valence-corrected chi connectivity index (χ0v) is 16.9. The Morgan fingerprint density at radius 2 is 0.966 bits per heavy atom. The molecule has 2 aromatic carbocycles. The van der Waals surface area contributed by atoms with E-state index in [0.29, 0.717) is 23.7 Å². The van der Waals surface area contributed by atoms with Crippen molar-refractivity contribution in [2.45, 2.75) is 56.8 Å². The molecule has 29 heavy (non-hydrogen) atoms. The van der Waals surface area contributed by atoms with Crippen molar-refractivity contribution in [2.75, 3.05) is 0 Å². The third-order valence-corrected chi connectivity index (χ3v) is 7.21. The molecule has 2 aromatic rings. The molecule has 4 nitrogen and oxygen atoms in total. The van der Waals surface area contributed by atoms with Crippen LogP contribution < -0.4 is 11.5 Å². The average Bonchev–Trinajstić information content (AvgIpc) is 3.26. The summed E-state index contributed by atoms with van der Waals surface area (Å²) < 4.78 is 0. The van der Waals surface area contributed by atoms with Gasteiger partial charge in [-0.3, -0.25) is 0 Å². The molecule has 2 saturated carbocycles. The maximum Gasteiger partial charge on any atom is 0.103 e. The van der Waals surface area contributed by atoms with E-state index in [0.717, 1.165) is 23.0 Å². The van der Waals surface area contributed by atoms with Gasteiger partial charge in [0.15, 0.2) is 0 Å². The van der Waals surface area contributed by atoms with Crippen molar-refractivity contribution in [2.24, 2.45) is 33.3 Å². The maximum atomic E-state index is 6.05. The summed E-state index contributed by atoms with van der Waals surface area (Å²) in [5.74, 6) is 4.01. The number of nitrogens with two attached hydrogens (primary N) is 2.